The quantitative estimate of drug-likeness (QED) is 0.517. The summed E-state index contributed by atoms with van der Waals surface area (Å²) in [6, 6.07) is 8.85. The van der Waals surface area contributed by atoms with Crippen LogP contribution in [0, 0.1) is 5.92 Å². The molecular weight excluding hydrogens is 388 g/mol. The van der Waals surface area contributed by atoms with Gasteiger partial charge in [-0.15, -0.1) is 0 Å². The maximum Gasteiger partial charge on any atom is 0.225 e. The molecule has 29 heavy (non-hydrogen) atoms. The fourth-order valence-corrected chi connectivity index (χ4v) is 5.24. The van der Waals surface area contributed by atoms with E-state index in [0.717, 1.165) is 25.3 Å². The number of piperidine rings is 1. The van der Waals surface area contributed by atoms with Crippen molar-refractivity contribution in [2.24, 2.45) is 5.92 Å². The Balaban J connectivity index is 1.48. The molecule has 4 N–H and O–H groups in total. The van der Waals surface area contributed by atoms with Crippen LogP contribution < -0.4 is 15.5 Å². The number of para-hydroxylation sites is 1. The van der Waals surface area contributed by atoms with Crippen molar-refractivity contribution in [2.75, 3.05) is 31.1 Å². The summed E-state index contributed by atoms with van der Waals surface area (Å²) < 4.78 is 0. The molecule has 0 bridgehead atoms. The summed E-state index contributed by atoms with van der Waals surface area (Å²) in [4.78, 5) is 17.4. The highest BCUT2D eigenvalue weighted by molar-refractivity contribution is 7.80. The van der Waals surface area contributed by atoms with Crippen molar-refractivity contribution in [3.8, 4) is 0 Å². The van der Waals surface area contributed by atoms with Gasteiger partial charge < -0.3 is 30.6 Å². The molecule has 2 heterocycles. The van der Waals surface area contributed by atoms with Gasteiger partial charge in [0.05, 0.1) is 24.1 Å². The molecule has 0 spiro atoms. The SMILES string of the molecule is O=C(NCCN1CCCCC1)C1CC(O)C(O)C2NC(=S)N(c3ccccc3)C12. The number of likely N-dealkylation sites (tertiary alicyclic amines) is 1. The number of fused-ring (bicyclic) bond motifs is 1. The second-order valence-electron chi connectivity index (χ2n) is 8.26. The van der Waals surface area contributed by atoms with Crippen LogP contribution in [-0.2, 0) is 4.79 Å². The molecular formula is C21H30N4O3S. The zero-order valence-electron chi connectivity index (χ0n) is 16.5. The van der Waals surface area contributed by atoms with E-state index in [2.05, 4.69) is 15.5 Å². The summed E-state index contributed by atoms with van der Waals surface area (Å²) in [6.07, 6.45) is 2.02. The first kappa shape index (κ1) is 20.5. The van der Waals surface area contributed by atoms with Crippen LogP contribution in [0.25, 0.3) is 0 Å². The Morgan fingerprint density at radius 2 is 1.90 bits per heavy atom. The summed E-state index contributed by atoms with van der Waals surface area (Å²) in [5.41, 5.74) is 0.882. The van der Waals surface area contributed by atoms with Crippen molar-refractivity contribution < 1.29 is 15.0 Å². The molecule has 8 heteroatoms. The molecule has 1 saturated carbocycles. The standard InChI is InChI=1S/C21H30N4O3S/c26-16-13-15(20(28)22-9-12-24-10-5-2-6-11-24)18-17(19(16)27)23-21(29)25(18)14-7-3-1-4-8-14/h1,3-4,7-8,15-19,26-27H,2,5-6,9-13H2,(H,22,28)(H,23,29). The Labute approximate surface area is 177 Å². The normalized spacial score (nSPS) is 32.6. The molecule has 1 aromatic rings. The molecule has 5 unspecified atom stereocenters. The molecule has 0 aromatic heterocycles. The monoisotopic (exact) mass is 418 g/mol. The molecule has 1 amide bonds. The average Bonchev–Trinajstić information content (AvgIpc) is 3.09. The number of amides is 1. The third kappa shape index (κ3) is 4.26. The topological polar surface area (TPSA) is 88.1 Å². The number of carbonyl (C=O) groups is 1. The fourth-order valence-electron chi connectivity index (χ4n) is 4.88. The van der Waals surface area contributed by atoms with Crippen molar-refractivity contribution in [2.45, 2.75) is 50.0 Å². The van der Waals surface area contributed by atoms with Crippen LogP contribution in [0.2, 0.25) is 0 Å². The lowest BCUT2D eigenvalue weighted by atomic mass is 9.77. The van der Waals surface area contributed by atoms with Crippen molar-refractivity contribution in [1.29, 1.82) is 0 Å². The smallest absolute Gasteiger partial charge is 0.225 e. The van der Waals surface area contributed by atoms with Crippen LogP contribution >= 0.6 is 12.2 Å². The summed E-state index contributed by atoms with van der Waals surface area (Å²) in [5.74, 6) is -0.552. The summed E-state index contributed by atoms with van der Waals surface area (Å²) >= 11 is 5.52. The van der Waals surface area contributed by atoms with Crippen molar-refractivity contribution in [1.82, 2.24) is 15.5 Å². The molecule has 5 atom stereocenters. The number of nitrogens with zero attached hydrogens (tertiary/aromatic N) is 2. The van der Waals surface area contributed by atoms with Crippen LogP contribution in [-0.4, -0.2) is 76.6 Å². The molecule has 2 aliphatic heterocycles. The second kappa shape index (κ2) is 8.95. The molecule has 1 aliphatic carbocycles. The lowest BCUT2D eigenvalue weighted by Crippen LogP contribution is -2.61. The van der Waals surface area contributed by atoms with Gasteiger partial charge in [-0.2, -0.15) is 0 Å². The Bertz CT molecular complexity index is 728. The lowest BCUT2D eigenvalue weighted by molar-refractivity contribution is -0.131. The number of hydrogen-bond donors (Lipinski definition) is 4. The minimum absolute atomic E-state index is 0.0876. The fraction of sp³-hybridized carbons (Fsp3) is 0.619. The highest BCUT2D eigenvalue weighted by Crippen LogP contribution is 2.36. The third-order valence-electron chi connectivity index (χ3n) is 6.39. The lowest BCUT2D eigenvalue weighted by Gasteiger charge is -2.41. The molecule has 3 fully saturated rings. The summed E-state index contributed by atoms with van der Waals surface area (Å²) in [7, 11) is 0. The Morgan fingerprint density at radius 3 is 2.62 bits per heavy atom. The van der Waals surface area contributed by atoms with Crippen LogP contribution in [0.1, 0.15) is 25.7 Å². The van der Waals surface area contributed by atoms with Gasteiger partial charge in [-0.25, -0.2) is 0 Å². The minimum atomic E-state index is -0.968. The predicted molar refractivity (Wildman–Crippen MR) is 116 cm³/mol. The number of anilines is 1. The number of aliphatic hydroxyl groups excluding tert-OH is 2. The Kier molecular flexibility index (Phi) is 6.34. The summed E-state index contributed by atoms with van der Waals surface area (Å²) in [5, 5.41) is 27.6. The molecule has 1 aromatic carbocycles. The minimum Gasteiger partial charge on any atom is -0.390 e. The maximum absolute atomic E-state index is 13.1. The van der Waals surface area contributed by atoms with Gasteiger partial charge in [0, 0.05) is 18.8 Å². The number of carbonyl (C=O) groups excluding carboxylic acids is 1. The highest BCUT2D eigenvalue weighted by Gasteiger charge is 2.53. The predicted octanol–water partition coefficient (Wildman–Crippen LogP) is 0.462. The highest BCUT2D eigenvalue weighted by atomic mass is 32.1. The summed E-state index contributed by atoms with van der Waals surface area (Å²) in [6.45, 7) is 3.62. The number of rotatable bonds is 5. The van der Waals surface area contributed by atoms with Gasteiger partial charge in [0.25, 0.3) is 0 Å². The van der Waals surface area contributed by atoms with E-state index in [0.29, 0.717) is 11.7 Å². The van der Waals surface area contributed by atoms with E-state index in [1.165, 1.54) is 19.3 Å². The number of thiocarbonyl (C=S) groups is 1. The van der Waals surface area contributed by atoms with Gasteiger partial charge in [-0.1, -0.05) is 24.6 Å². The zero-order chi connectivity index (χ0) is 20.4. The number of nitrogens with one attached hydrogen (secondary N) is 2. The molecule has 4 rings (SSSR count). The van der Waals surface area contributed by atoms with Gasteiger partial charge in [0.2, 0.25) is 5.91 Å². The molecule has 158 valence electrons. The average molecular weight is 419 g/mol. The van der Waals surface area contributed by atoms with E-state index in [1.807, 2.05) is 35.2 Å². The van der Waals surface area contributed by atoms with E-state index in [1.54, 1.807) is 0 Å². The van der Waals surface area contributed by atoms with Crippen molar-refractivity contribution >= 4 is 28.9 Å². The number of benzene rings is 1. The van der Waals surface area contributed by atoms with Gasteiger partial charge in [-0.05, 0) is 56.7 Å². The van der Waals surface area contributed by atoms with Gasteiger partial charge in [0.1, 0.15) is 6.10 Å². The number of hydrogen-bond acceptors (Lipinski definition) is 5. The van der Waals surface area contributed by atoms with Gasteiger partial charge in [-0.3, -0.25) is 4.79 Å². The molecule has 2 saturated heterocycles. The van der Waals surface area contributed by atoms with E-state index in [4.69, 9.17) is 12.2 Å². The van der Waals surface area contributed by atoms with Crippen LogP contribution in [0.4, 0.5) is 5.69 Å². The van der Waals surface area contributed by atoms with E-state index in [9.17, 15) is 15.0 Å². The first-order chi connectivity index (χ1) is 14.1. The number of aliphatic hydroxyl groups is 2. The Hall–Kier alpha value is -1.74. The van der Waals surface area contributed by atoms with Crippen LogP contribution in [0.15, 0.2) is 30.3 Å². The van der Waals surface area contributed by atoms with E-state index < -0.39 is 24.2 Å². The first-order valence-corrected chi connectivity index (χ1v) is 11.0. The second-order valence-corrected chi connectivity index (χ2v) is 8.65. The van der Waals surface area contributed by atoms with E-state index in [-0.39, 0.29) is 18.4 Å². The van der Waals surface area contributed by atoms with Crippen molar-refractivity contribution in [3.63, 3.8) is 0 Å². The Morgan fingerprint density at radius 1 is 1.17 bits per heavy atom. The zero-order valence-corrected chi connectivity index (χ0v) is 17.4. The largest absolute Gasteiger partial charge is 0.390 e. The molecule has 7 nitrogen and oxygen atoms in total. The van der Waals surface area contributed by atoms with Gasteiger partial charge in [0.15, 0.2) is 5.11 Å². The van der Waals surface area contributed by atoms with E-state index >= 15 is 0 Å². The van der Waals surface area contributed by atoms with Gasteiger partial charge >= 0.3 is 0 Å². The molecule has 0 radical (unpaired) electrons. The maximum atomic E-state index is 13.1. The van der Waals surface area contributed by atoms with Crippen LogP contribution in [0.5, 0.6) is 0 Å². The van der Waals surface area contributed by atoms with Crippen LogP contribution in [0.3, 0.4) is 0 Å². The third-order valence-corrected chi connectivity index (χ3v) is 6.71. The molecule has 3 aliphatic rings. The first-order valence-electron chi connectivity index (χ1n) is 10.6. The van der Waals surface area contributed by atoms with Crippen molar-refractivity contribution in [3.05, 3.63) is 30.3 Å².